The smallest absolute Gasteiger partial charge is 0.184 e. The summed E-state index contributed by atoms with van der Waals surface area (Å²) in [6, 6.07) is 9.68. The summed E-state index contributed by atoms with van der Waals surface area (Å²) in [5.74, 6) is 0. The first-order chi connectivity index (χ1) is 5.79. The maximum atomic E-state index is 5.16. The fourth-order valence-corrected chi connectivity index (χ4v) is 0.762. The van der Waals surface area contributed by atoms with E-state index in [1.54, 1.807) is 6.21 Å². The monoisotopic (exact) mass is 242 g/mol. The number of nitrogens with one attached hydrogen (secondary N) is 1. The van der Waals surface area contributed by atoms with E-state index < -0.39 is 0 Å². The number of nitrogens with two attached hydrogens (primary N) is 1. The van der Waals surface area contributed by atoms with Crippen molar-refractivity contribution in [1.82, 2.24) is 5.43 Å². The van der Waals surface area contributed by atoms with Gasteiger partial charge in [-0.25, -0.2) is 0 Å². The summed E-state index contributed by atoms with van der Waals surface area (Å²) in [4.78, 5) is 0. The second-order valence-electron chi connectivity index (χ2n) is 2.14. The number of hydrogen-bond donors (Lipinski definition) is 2. The van der Waals surface area contributed by atoms with Crippen LogP contribution < -0.4 is 11.2 Å². The number of rotatable bonds is 2. The molecule has 0 aliphatic carbocycles. The van der Waals surface area contributed by atoms with E-state index in [9.17, 15) is 0 Å². The standard InChI is InChI=1S/C8H9N3S.Cu/c9-8(12)11-10-6-7-4-2-1-3-5-7;/h1-6H,(H3,9,11,12);. The third kappa shape index (κ3) is 5.36. The molecule has 0 aliphatic heterocycles. The van der Waals surface area contributed by atoms with E-state index in [2.05, 4.69) is 22.7 Å². The molecule has 0 aromatic heterocycles. The normalized spacial score (nSPS) is 9.23. The predicted octanol–water partition coefficient (Wildman–Crippen LogP) is 0.851. The maximum Gasteiger partial charge on any atom is 0.184 e. The van der Waals surface area contributed by atoms with E-state index in [-0.39, 0.29) is 22.2 Å². The molecule has 0 spiro atoms. The van der Waals surface area contributed by atoms with E-state index in [0.717, 1.165) is 5.56 Å². The number of benzene rings is 1. The zero-order chi connectivity index (χ0) is 8.81. The molecule has 0 unspecified atom stereocenters. The van der Waals surface area contributed by atoms with Gasteiger partial charge < -0.3 is 5.73 Å². The van der Waals surface area contributed by atoms with E-state index in [4.69, 9.17) is 5.73 Å². The molecule has 0 aliphatic rings. The van der Waals surface area contributed by atoms with Gasteiger partial charge in [0, 0.05) is 17.1 Å². The van der Waals surface area contributed by atoms with Crippen LogP contribution in [0.1, 0.15) is 5.56 Å². The average molecular weight is 243 g/mol. The van der Waals surface area contributed by atoms with Crippen molar-refractivity contribution < 1.29 is 17.1 Å². The molecule has 0 fully saturated rings. The van der Waals surface area contributed by atoms with Crippen molar-refractivity contribution in [3.05, 3.63) is 35.9 Å². The topological polar surface area (TPSA) is 50.4 Å². The molecule has 73 valence electrons. The van der Waals surface area contributed by atoms with E-state index in [1.165, 1.54) is 0 Å². The maximum absolute atomic E-state index is 5.16. The van der Waals surface area contributed by atoms with Gasteiger partial charge in [-0.3, -0.25) is 5.43 Å². The van der Waals surface area contributed by atoms with Crippen molar-refractivity contribution in [1.29, 1.82) is 0 Å². The van der Waals surface area contributed by atoms with Crippen molar-refractivity contribution in [2.45, 2.75) is 0 Å². The number of hydrogen-bond acceptors (Lipinski definition) is 2. The molecule has 1 radical (unpaired) electrons. The molecule has 0 heterocycles. The Labute approximate surface area is 92.9 Å². The molecule has 3 N–H and O–H groups in total. The Balaban J connectivity index is 0.00000144. The molecule has 0 atom stereocenters. The van der Waals surface area contributed by atoms with Crippen molar-refractivity contribution in [3.63, 3.8) is 0 Å². The Morgan fingerprint density at radius 3 is 2.54 bits per heavy atom. The van der Waals surface area contributed by atoms with Crippen LogP contribution in [0.25, 0.3) is 0 Å². The van der Waals surface area contributed by atoms with E-state index >= 15 is 0 Å². The van der Waals surface area contributed by atoms with Gasteiger partial charge in [0.25, 0.3) is 0 Å². The Bertz CT molecular complexity index is 287. The van der Waals surface area contributed by atoms with Gasteiger partial charge in [0.1, 0.15) is 0 Å². The second-order valence-corrected chi connectivity index (χ2v) is 2.58. The average Bonchev–Trinajstić information content (AvgIpc) is 2.05. The minimum absolute atomic E-state index is 0. The number of thiocarbonyl (C=S) groups is 1. The molecule has 0 bridgehead atoms. The zero-order valence-corrected chi connectivity index (χ0v) is 8.46. The molecule has 0 saturated carbocycles. The number of hydrazone groups is 1. The van der Waals surface area contributed by atoms with Gasteiger partial charge in [-0.2, -0.15) is 5.10 Å². The molecule has 0 amide bonds. The largest absolute Gasteiger partial charge is 0.375 e. The molecule has 5 heteroatoms. The first kappa shape index (κ1) is 12.1. The van der Waals surface area contributed by atoms with Gasteiger partial charge in [-0.1, -0.05) is 30.3 Å². The van der Waals surface area contributed by atoms with Crippen molar-refractivity contribution >= 4 is 23.5 Å². The zero-order valence-electron chi connectivity index (χ0n) is 6.70. The van der Waals surface area contributed by atoms with Crippen LogP contribution in [0.3, 0.4) is 0 Å². The molecule has 13 heavy (non-hydrogen) atoms. The third-order valence-electron chi connectivity index (χ3n) is 1.19. The van der Waals surface area contributed by atoms with Crippen LogP contribution in [0.5, 0.6) is 0 Å². The minimum atomic E-state index is 0. The van der Waals surface area contributed by atoms with Crippen LogP contribution in [0, 0.1) is 0 Å². The summed E-state index contributed by atoms with van der Waals surface area (Å²) in [7, 11) is 0. The Hall–Kier alpha value is -0.901. The van der Waals surface area contributed by atoms with Gasteiger partial charge in [0.05, 0.1) is 6.21 Å². The van der Waals surface area contributed by atoms with Crippen LogP contribution in [0.4, 0.5) is 0 Å². The number of nitrogens with zero attached hydrogens (tertiary/aromatic N) is 1. The molecule has 1 rings (SSSR count). The van der Waals surface area contributed by atoms with Crippen molar-refractivity contribution in [2.24, 2.45) is 10.8 Å². The fraction of sp³-hybridized carbons (Fsp3) is 0. The molecule has 1 aromatic carbocycles. The SMILES string of the molecule is NC(=S)NN=Cc1ccccc1.[Cu]. The van der Waals surface area contributed by atoms with Gasteiger partial charge >= 0.3 is 0 Å². The van der Waals surface area contributed by atoms with Crippen LogP contribution in [-0.4, -0.2) is 11.3 Å². The van der Waals surface area contributed by atoms with E-state index in [1.807, 2.05) is 30.3 Å². The molecule has 1 aromatic rings. The third-order valence-corrected chi connectivity index (χ3v) is 1.28. The molecule has 0 saturated heterocycles. The predicted molar refractivity (Wildman–Crippen MR) is 54.0 cm³/mol. The van der Waals surface area contributed by atoms with Crippen LogP contribution >= 0.6 is 12.2 Å². The summed E-state index contributed by atoms with van der Waals surface area (Å²) in [5, 5.41) is 3.97. The quantitative estimate of drug-likeness (QED) is 0.350. The first-order valence-corrected chi connectivity index (χ1v) is 3.83. The van der Waals surface area contributed by atoms with Gasteiger partial charge in [-0.05, 0) is 17.8 Å². The van der Waals surface area contributed by atoms with Crippen LogP contribution in [0.2, 0.25) is 0 Å². The molecular weight excluding hydrogens is 234 g/mol. The molecular formula is C8H9CuN3S. The Kier molecular flexibility index (Phi) is 6.14. The van der Waals surface area contributed by atoms with Crippen LogP contribution in [0.15, 0.2) is 35.4 Å². The van der Waals surface area contributed by atoms with Crippen molar-refractivity contribution in [2.75, 3.05) is 0 Å². The summed E-state index contributed by atoms with van der Waals surface area (Å²) in [5.41, 5.74) is 8.64. The minimum Gasteiger partial charge on any atom is -0.375 e. The first-order valence-electron chi connectivity index (χ1n) is 3.42. The Morgan fingerprint density at radius 2 is 2.00 bits per heavy atom. The second kappa shape index (κ2) is 6.60. The summed E-state index contributed by atoms with van der Waals surface area (Å²) in [6.45, 7) is 0. The summed E-state index contributed by atoms with van der Waals surface area (Å²) in [6.07, 6.45) is 1.65. The van der Waals surface area contributed by atoms with Crippen LogP contribution in [-0.2, 0) is 17.1 Å². The van der Waals surface area contributed by atoms with E-state index in [0.29, 0.717) is 0 Å². The molecule has 3 nitrogen and oxygen atoms in total. The fourth-order valence-electron chi connectivity index (χ4n) is 0.710. The van der Waals surface area contributed by atoms with Gasteiger partial charge in [0.15, 0.2) is 5.11 Å². The summed E-state index contributed by atoms with van der Waals surface area (Å²) < 4.78 is 0. The van der Waals surface area contributed by atoms with Crippen molar-refractivity contribution in [3.8, 4) is 0 Å². The Morgan fingerprint density at radius 1 is 1.38 bits per heavy atom. The van der Waals surface area contributed by atoms with Gasteiger partial charge in [0.2, 0.25) is 0 Å². The summed E-state index contributed by atoms with van der Waals surface area (Å²) >= 11 is 4.56. The van der Waals surface area contributed by atoms with Gasteiger partial charge in [-0.15, -0.1) is 0 Å².